The van der Waals surface area contributed by atoms with E-state index >= 15 is 0 Å². The fourth-order valence-corrected chi connectivity index (χ4v) is 1.46. The van der Waals surface area contributed by atoms with E-state index in [1.54, 1.807) is 0 Å². The number of nitrogens with zero attached hydrogens (tertiary/aromatic N) is 1. The smallest absolute Gasteiger partial charge is 0.0594 e. The third-order valence-corrected chi connectivity index (χ3v) is 2.26. The van der Waals surface area contributed by atoms with Crippen LogP contribution >= 0.6 is 23.9 Å². The van der Waals surface area contributed by atoms with Gasteiger partial charge in [0.15, 0.2) is 0 Å². The lowest BCUT2D eigenvalue weighted by atomic mass is 10.4. The van der Waals surface area contributed by atoms with Crippen LogP contribution in [-0.4, -0.2) is 23.6 Å². The molecule has 1 N–H and O–H groups in total. The lowest BCUT2D eigenvalue weighted by Gasteiger charge is -2.07. The maximum Gasteiger partial charge on any atom is 0.0594 e. The second-order valence-electron chi connectivity index (χ2n) is 3.08. The van der Waals surface area contributed by atoms with Crippen molar-refractivity contribution < 1.29 is 4.74 Å². The fraction of sp³-hybridized carbons (Fsp3) is 0.667. The summed E-state index contributed by atoms with van der Waals surface area (Å²) < 4.78 is 9.41. The van der Waals surface area contributed by atoms with Crippen LogP contribution in [0.15, 0.2) is 12.3 Å². The molecule has 0 aromatic carbocycles. The molecule has 3 nitrogen and oxygen atoms in total. The summed E-state index contributed by atoms with van der Waals surface area (Å²) in [5.41, 5.74) is 0. The predicted molar refractivity (Wildman–Crippen MR) is 62.2 cm³/mol. The minimum Gasteiger partial charge on any atom is -0.377 e. The molecule has 0 aliphatic carbocycles. The topological polar surface area (TPSA) is 34.1 Å². The van der Waals surface area contributed by atoms with Crippen molar-refractivity contribution in [2.45, 2.75) is 26.5 Å². The normalized spacial score (nSPS) is 10.2. The van der Waals surface area contributed by atoms with E-state index in [1.807, 2.05) is 26.1 Å². The zero-order valence-electron chi connectivity index (χ0n) is 8.53. The van der Waals surface area contributed by atoms with E-state index in [9.17, 15) is 0 Å². The molecule has 0 aliphatic rings. The minimum atomic E-state index is 0. The first-order valence-electron chi connectivity index (χ1n) is 4.51. The summed E-state index contributed by atoms with van der Waals surface area (Å²) in [6.45, 7) is 6.66. The lowest BCUT2D eigenvalue weighted by Crippen LogP contribution is -2.20. The lowest BCUT2D eigenvalue weighted by molar-refractivity contribution is 0.0807. The number of aromatic nitrogens is 1. The van der Waals surface area contributed by atoms with Gasteiger partial charge in [-0.15, -0.1) is 12.4 Å². The van der Waals surface area contributed by atoms with Crippen LogP contribution in [0.4, 0.5) is 0 Å². The number of rotatable bonds is 6. The Morgan fingerprint density at radius 1 is 1.57 bits per heavy atom. The van der Waals surface area contributed by atoms with Crippen LogP contribution in [0.2, 0.25) is 0 Å². The third kappa shape index (κ3) is 6.32. The molecule has 0 saturated heterocycles. The SMILES string of the molecule is CC(C)OCCNCc1ccns1.Cl. The molecule has 0 amide bonds. The van der Waals surface area contributed by atoms with E-state index in [1.165, 1.54) is 16.4 Å². The van der Waals surface area contributed by atoms with E-state index in [-0.39, 0.29) is 12.4 Å². The summed E-state index contributed by atoms with van der Waals surface area (Å²) in [6, 6.07) is 2.03. The molecule has 5 heteroatoms. The highest BCUT2D eigenvalue weighted by molar-refractivity contribution is 7.05. The van der Waals surface area contributed by atoms with Crippen molar-refractivity contribution in [3.63, 3.8) is 0 Å². The second kappa shape index (κ2) is 8.17. The van der Waals surface area contributed by atoms with Crippen LogP contribution in [0.5, 0.6) is 0 Å². The number of ether oxygens (including phenoxy) is 1. The highest BCUT2D eigenvalue weighted by Crippen LogP contribution is 2.02. The molecule has 14 heavy (non-hydrogen) atoms. The van der Waals surface area contributed by atoms with Gasteiger partial charge in [0.25, 0.3) is 0 Å². The summed E-state index contributed by atoms with van der Waals surface area (Å²) in [4.78, 5) is 1.27. The van der Waals surface area contributed by atoms with E-state index in [4.69, 9.17) is 4.74 Å². The average molecular weight is 237 g/mol. The summed E-state index contributed by atoms with van der Waals surface area (Å²) in [5.74, 6) is 0. The van der Waals surface area contributed by atoms with Gasteiger partial charge in [-0.1, -0.05) is 0 Å². The quantitative estimate of drug-likeness (QED) is 0.768. The Bertz CT molecular complexity index is 217. The Balaban J connectivity index is 0.00000169. The average Bonchev–Trinajstić information content (AvgIpc) is 2.55. The summed E-state index contributed by atoms with van der Waals surface area (Å²) >= 11 is 1.53. The summed E-state index contributed by atoms with van der Waals surface area (Å²) in [5, 5.41) is 3.29. The van der Waals surface area contributed by atoms with Crippen LogP contribution in [0.25, 0.3) is 0 Å². The van der Waals surface area contributed by atoms with Crippen molar-refractivity contribution in [1.29, 1.82) is 0 Å². The van der Waals surface area contributed by atoms with Crippen molar-refractivity contribution in [2.75, 3.05) is 13.2 Å². The first-order valence-corrected chi connectivity index (χ1v) is 5.28. The number of hydrogen-bond acceptors (Lipinski definition) is 4. The van der Waals surface area contributed by atoms with E-state index < -0.39 is 0 Å². The molecule has 0 atom stereocenters. The molecule has 0 spiro atoms. The van der Waals surface area contributed by atoms with Crippen molar-refractivity contribution >= 4 is 23.9 Å². The van der Waals surface area contributed by atoms with Crippen molar-refractivity contribution in [3.8, 4) is 0 Å². The summed E-state index contributed by atoms with van der Waals surface area (Å²) in [6.07, 6.45) is 2.15. The van der Waals surface area contributed by atoms with Gasteiger partial charge in [-0.25, -0.2) is 4.37 Å². The van der Waals surface area contributed by atoms with Crippen LogP contribution in [0.3, 0.4) is 0 Å². The number of hydrogen-bond donors (Lipinski definition) is 1. The van der Waals surface area contributed by atoms with E-state index in [2.05, 4.69) is 9.69 Å². The highest BCUT2D eigenvalue weighted by atomic mass is 35.5. The molecule has 0 aliphatic heterocycles. The van der Waals surface area contributed by atoms with Gasteiger partial charge in [0.1, 0.15) is 0 Å². The molecule has 0 fully saturated rings. The molecule has 1 aromatic heterocycles. The van der Waals surface area contributed by atoms with Crippen LogP contribution in [0, 0.1) is 0 Å². The summed E-state index contributed by atoms with van der Waals surface area (Å²) in [7, 11) is 0. The number of halogens is 1. The molecule has 1 rings (SSSR count). The monoisotopic (exact) mass is 236 g/mol. The Morgan fingerprint density at radius 2 is 2.36 bits per heavy atom. The van der Waals surface area contributed by atoms with Gasteiger partial charge in [-0.2, -0.15) is 0 Å². The first kappa shape index (κ1) is 13.8. The molecular weight excluding hydrogens is 220 g/mol. The van der Waals surface area contributed by atoms with Gasteiger partial charge in [0.05, 0.1) is 12.7 Å². The Morgan fingerprint density at radius 3 is 2.93 bits per heavy atom. The first-order chi connectivity index (χ1) is 6.29. The Kier molecular flexibility index (Phi) is 8.08. The zero-order valence-corrected chi connectivity index (χ0v) is 10.2. The molecule has 0 unspecified atom stereocenters. The van der Waals surface area contributed by atoms with Crippen molar-refractivity contribution in [1.82, 2.24) is 9.69 Å². The van der Waals surface area contributed by atoms with Gasteiger partial charge in [0.2, 0.25) is 0 Å². The third-order valence-electron chi connectivity index (χ3n) is 1.52. The van der Waals surface area contributed by atoms with Gasteiger partial charge in [-0.05, 0) is 31.4 Å². The molecule has 1 aromatic rings. The van der Waals surface area contributed by atoms with Crippen LogP contribution in [0.1, 0.15) is 18.7 Å². The standard InChI is InChI=1S/C9H16N2OS.ClH/c1-8(2)12-6-5-10-7-9-3-4-11-13-9;/h3-4,8,10H,5-7H2,1-2H3;1H. The van der Waals surface area contributed by atoms with E-state index in [0.29, 0.717) is 6.10 Å². The Labute approximate surface area is 95.4 Å². The van der Waals surface area contributed by atoms with Gasteiger partial charge in [0, 0.05) is 24.2 Å². The van der Waals surface area contributed by atoms with Crippen molar-refractivity contribution in [2.24, 2.45) is 0 Å². The van der Waals surface area contributed by atoms with Gasteiger partial charge in [-0.3, -0.25) is 0 Å². The van der Waals surface area contributed by atoms with Crippen molar-refractivity contribution in [3.05, 3.63) is 17.1 Å². The minimum absolute atomic E-state index is 0. The molecule has 0 bridgehead atoms. The van der Waals surface area contributed by atoms with Gasteiger partial charge >= 0.3 is 0 Å². The highest BCUT2D eigenvalue weighted by Gasteiger charge is 1.94. The predicted octanol–water partition coefficient (Wildman–Crippen LogP) is 2.08. The largest absolute Gasteiger partial charge is 0.377 e. The van der Waals surface area contributed by atoms with E-state index in [0.717, 1.165) is 19.7 Å². The van der Waals surface area contributed by atoms with Crippen LogP contribution in [-0.2, 0) is 11.3 Å². The van der Waals surface area contributed by atoms with Gasteiger partial charge < -0.3 is 10.1 Å². The molecule has 0 radical (unpaired) electrons. The maximum absolute atomic E-state index is 5.39. The maximum atomic E-state index is 5.39. The molecule has 0 saturated carbocycles. The molecule has 82 valence electrons. The zero-order chi connectivity index (χ0) is 9.52. The molecular formula is C9H17ClN2OS. The second-order valence-corrected chi connectivity index (χ2v) is 3.99. The Hall–Kier alpha value is -0.160. The molecule has 1 heterocycles. The van der Waals surface area contributed by atoms with Crippen LogP contribution < -0.4 is 5.32 Å². The fourth-order valence-electron chi connectivity index (χ4n) is 0.912. The number of nitrogens with one attached hydrogen (secondary N) is 1.